The van der Waals surface area contributed by atoms with Gasteiger partial charge in [0.2, 0.25) is 11.8 Å². The lowest BCUT2D eigenvalue weighted by Crippen LogP contribution is -2.51. The molecule has 1 unspecified atom stereocenters. The molecule has 0 aliphatic heterocycles. The van der Waals surface area contributed by atoms with Gasteiger partial charge < -0.3 is 19.7 Å². The van der Waals surface area contributed by atoms with Crippen LogP contribution in [0.1, 0.15) is 25.8 Å². The molecule has 1 N–H and O–H groups in total. The summed E-state index contributed by atoms with van der Waals surface area (Å²) in [6.45, 7) is 3.25. The Kier molecular flexibility index (Phi) is 11.0. The summed E-state index contributed by atoms with van der Waals surface area (Å²) >= 11 is 6.02. The molecular weight excluding hydrogens is 573 g/mol. The number of hydrogen-bond acceptors (Lipinski definition) is 6. The highest BCUT2D eigenvalue weighted by Crippen LogP contribution is 2.32. The van der Waals surface area contributed by atoms with Crippen molar-refractivity contribution in [1.82, 2.24) is 10.2 Å². The number of methoxy groups -OCH3 is 2. The molecule has 0 aliphatic rings. The number of carbonyl (C=O) groups is 2. The first-order valence-electron chi connectivity index (χ1n) is 12.8. The van der Waals surface area contributed by atoms with Crippen LogP contribution in [0, 0.1) is 5.82 Å². The summed E-state index contributed by atoms with van der Waals surface area (Å²) in [4.78, 5) is 27.9. The number of benzene rings is 3. The van der Waals surface area contributed by atoms with Gasteiger partial charge >= 0.3 is 0 Å². The predicted octanol–water partition coefficient (Wildman–Crippen LogP) is 4.64. The molecule has 0 saturated heterocycles. The molecule has 3 aromatic carbocycles. The summed E-state index contributed by atoms with van der Waals surface area (Å²) < 4.78 is 53.1. The van der Waals surface area contributed by atoms with Crippen molar-refractivity contribution in [1.29, 1.82) is 0 Å². The molecule has 0 radical (unpaired) electrons. The highest BCUT2D eigenvalue weighted by molar-refractivity contribution is 7.92. The Bertz CT molecular complexity index is 1450. The fourth-order valence-corrected chi connectivity index (χ4v) is 5.56. The molecule has 220 valence electrons. The van der Waals surface area contributed by atoms with E-state index in [1.807, 2.05) is 6.92 Å². The number of hydrogen-bond donors (Lipinski definition) is 1. The number of nitrogens with one attached hydrogen (secondary N) is 1. The highest BCUT2D eigenvalue weighted by atomic mass is 35.5. The van der Waals surface area contributed by atoms with Gasteiger partial charge in [0.05, 0.1) is 24.8 Å². The maximum absolute atomic E-state index is 14.0. The van der Waals surface area contributed by atoms with Gasteiger partial charge in [-0.2, -0.15) is 0 Å². The zero-order chi connectivity index (χ0) is 30.2. The summed E-state index contributed by atoms with van der Waals surface area (Å²) in [5.74, 6) is -1.12. The second-order valence-electron chi connectivity index (χ2n) is 9.12. The normalized spacial score (nSPS) is 11.9. The van der Waals surface area contributed by atoms with Crippen molar-refractivity contribution in [2.45, 2.75) is 37.8 Å². The third-order valence-electron chi connectivity index (χ3n) is 6.32. The maximum atomic E-state index is 14.0. The van der Waals surface area contributed by atoms with Crippen LogP contribution in [0.2, 0.25) is 5.02 Å². The fraction of sp³-hybridized carbons (Fsp3) is 0.310. The standard InChI is InChI=1S/C29H33ClFN3O6S/c1-5-16-32-29(36)20(2)33(18-21-6-8-22(30)9-7-21)28(35)19-34(24-12-10-23(31)11-13-24)41(37,38)25-14-15-26(39-3)27(17-25)40-4/h6-15,17,20H,5,16,18-19H2,1-4H3,(H,32,36). The highest BCUT2D eigenvalue weighted by Gasteiger charge is 2.33. The second-order valence-corrected chi connectivity index (χ2v) is 11.4. The van der Waals surface area contributed by atoms with Gasteiger partial charge in [-0.25, -0.2) is 12.8 Å². The topological polar surface area (TPSA) is 105 Å². The monoisotopic (exact) mass is 605 g/mol. The Balaban J connectivity index is 2.05. The van der Waals surface area contributed by atoms with E-state index in [0.717, 1.165) is 16.4 Å². The van der Waals surface area contributed by atoms with E-state index < -0.39 is 34.3 Å². The third-order valence-corrected chi connectivity index (χ3v) is 8.34. The van der Waals surface area contributed by atoms with Crippen molar-refractivity contribution in [3.8, 4) is 11.5 Å². The summed E-state index contributed by atoms with van der Waals surface area (Å²) in [5, 5.41) is 3.28. The SMILES string of the molecule is CCCNC(=O)C(C)N(Cc1ccc(Cl)cc1)C(=O)CN(c1ccc(F)cc1)S(=O)(=O)c1ccc(OC)c(OC)c1. The van der Waals surface area contributed by atoms with E-state index in [0.29, 0.717) is 29.3 Å². The van der Waals surface area contributed by atoms with E-state index >= 15 is 0 Å². The van der Waals surface area contributed by atoms with Gasteiger partial charge in [0.15, 0.2) is 11.5 Å². The number of carbonyl (C=O) groups excluding carboxylic acids is 2. The quantitative estimate of drug-likeness (QED) is 0.304. The van der Waals surface area contributed by atoms with Crippen molar-refractivity contribution in [2.75, 3.05) is 31.6 Å². The zero-order valence-corrected chi connectivity index (χ0v) is 24.8. The van der Waals surface area contributed by atoms with Gasteiger partial charge in [-0.3, -0.25) is 13.9 Å². The Labute approximate surface area is 244 Å². The fourth-order valence-electron chi connectivity index (χ4n) is 4.01. The molecule has 9 nitrogen and oxygen atoms in total. The number of sulfonamides is 1. The Morgan fingerprint density at radius 1 is 0.976 bits per heavy atom. The van der Waals surface area contributed by atoms with Crippen LogP contribution >= 0.6 is 11.6 Å². The van der Waals surface area contributed by atoms with E-state index in [-0.39, 0.29) is 28.8 Å². The van der Waals surface area contributed by atoms with Gasteiger partial charge in [-0.15, -0.1) is 0 Å². The van der Waals surface area contributed by atoms with Crippen LogP contribution in [0.25, 0.3) is 0 Å². The summed E-state index contributed by atoms with van der Waals surface area (Å²) in [7, 11) is -1.59. The van der Waals surface area contributed by atoms with E-state index in [1.165, 1.54) is 49.5 Å². The van der Waals surface area contributed by atoms with Gasteiger partial charge in [0, 0.05) is 24.2 Å². The summed E-state index contributed by atoms with van der Waals surface area (Å²) in [5.41, 5.74) is 0.748. The lowest BCUT2D eigenvalue weighted by atomic mass is 10.1. The lowest BCUT2D eigenvalue weighted by Gasteiger charge is -2.32. The molecule has 0 aromatic heterocycles. The van der Waals surface area contributed by atoms with Crippen LogP contribution in [0.5, 0.6) is 11.5 Å². The zero-order valence-electron chi connectivity index (χ0n) is 23.3. The Morgan fingerprint density at radius 3 is 2.20 bits per heavy atom. The minimum atomic E-state index is -4.38. The van der Waals surface area contributed by atoms with Gasteiger partial charge in [-0.05, 0) is 67.4 Å². The smallest absolute Gasteiger partial charge is 0.264 e. The van der Waals surface area contributed by atoms with Crippen LogP contribution < -0.4 is 19.1 Å². The second kappa shape index (κ2) is 14.2. The maximum Gasteiger partial charge on any atom is 0.264 e. The number of ether oxygens (including phenoxy) is 2. The van der Waals surface area contributed by atoms with Crippen molar-refractivity contribution >= 4 is 39.1 Å². The number of anilines is 1. The van der Waals surface area contributed by atoms with Crippen LogP contribution in [0.4, 0.5) is 10.1 Å². The summed E-state index contributed by atoms with van der Waals surface area (Å²) in [6, 6.07) is 14.6. The van der Waals surface area contributed by atoms with E-state index in [1.54, 1.807) is 31.2 Å². The molecule has 12 heteroatoms. The first-order chi connectivity index (χ1) is 19.5. The number of halogens is 2. The molecule has 0 saturated carbocycles. The van der Waals surface area contributed by atoms with E-state index in [9.17, 15) is 22.4 Å². The van der Waals surface area contributed by atoms with E-state index in [4.69, 9.17) is 21.1 Å². The number of amides is 2. The first-order valence-corrected chi connectivity index (χ1v) is 14.7. The Hall–Kier alpha value is -3.83. The van der Waals surface area contributed by atoms with Crippen molar-refractivity contribution in [2.24, 2.45) is 0 Å². The van der Waals surface area contributed by atoms with Crippen LogP contribution in [0.15, 0.2) is 71.6 Å². The molecule has 0 bridgehead atoms. The number of rotatable bonds is 13. The molecule has 3 rings (SSSR count). The molecule has 0 heterocycles. The van der Waals surface area contributed by atoms with Crippen LogP contribution in [-0.2, 0) is 26.2 Å². The molecule has 3 aromatic rings. The van der Waals surface area contributed by atoms with Crippen LogP contribution in [0.3, 0.4) is 0 Å². The Morgan fingerprint density at radius 2 is 1.61 bits per heavy atom. The molecule has 0 aliphatic carbocycles. The van der Waals surface area contributed by atoms with Gasteiger partial charge in [-0.1, -0.05) is 30.7 Å². The number of nitrogens with zero attached hydrogens (tertiary/aromatic N) is 2. The average molecular weight is 606 g/mol. The lowest BCUT2D eigenvalue weighted by molar-refractivity contribution is -0.139. The largest absolute Gasteiger partial charge is 0.493 e. The van der Waals surface area contributed by atoms with Gasteiger partial charge in [0.1, 0.15) is 18.4 Å². The minimum Gasteiger partial charge on any atom is -0.493 e. The van der Waals surface area contributed by atoms with Crippen molar-refractivity contribution in [3.05, 3.63) is 83.1 Å². The molecule has 41 heavy (non-hydrogen) atoms. The molecule has 0 fully saturated rings. The first kappa shape index (κ1) is 31.7. The van der Waals surface area contributed by atoms with E-state index in [2.05, 4.69) is 5.32 Å². The predicted molar refractivity (Wildman–Crippen MR) is 155 cm³/mol. The van der Waals surface area contributed by atoms with Crippen LogP contribution in [-0.4, -0.2) is 58.5 Å². The van der Waals surface area contributed by atoms with Crippen molar-refractivity contribution in [3.63, 3.8) is 0 Å². The minimum absolute atomic E-state index is 0.0182. The molecular formula is C29H33ClFN3O6S. The molecule has 1 atom stereocenters. The molecule has 0 spiro atoms. The average Bonchev–Trinajstić information content (AvgIpc) is 2.97. The summed E-state index contributed by atoms with van der Waals surface area (Å²) in [6.07, 6.45) is 0.700. The third kappa shape index (κ3) is 7.89. The molecule has 2 amide bonds. The van der Waals surface area contributed by atoms with Crippen molar-refractivity contribution < 1.29 is 31.9 Å². The van der Waals surface area contributed by atoms with Gasteiger partial charge in [0.25, 0.3) is 10.0 Å².